The van der Waals surface area contributed by atoms with Gasteiger partial charge in [0.2, 0.25) is 11.8 Å². The van der Waals surface area contributed by atoms with Gasteiger partial charge in [-0.3, -0.25) is 14.9 Å². The third-order valence-corrected chi connectivity index (χ3v) is 3.15. The van der Waals surface area contributed by atoms with Gasteiger partial charge < -0.3 is 10.2 Å². The van der Waals surface area contributed by atoms with Crippen LogP contribution in [0.1, 0.15) is 12.8 Å². The largest absolute Gasteiger partial charge is 0.342 e. The number of rotatable bonds is 5. The lowest BCUT2D eigenvalue weighted by molar-refractivity contribution is -0.129. The van der Waals surface area contributed by atoms with Crippen LogP contribution in [0.2, 0.25) is 0 Å². The van der Waals surface area contributed by atoms with Crippen LogP contribution in [0.5, 0.6) is 0 Å². The molecule has 1 aliphatic heterocycles. The molecule has 1 aliphatic rings. The molecule has 0 aliphatic carbocycles. The van der Waals surface area contributed by atoms with Crippen molar-refractivity contribution in [3.63, 3.8) is 0 Å². The fourth-order valence-corrected chi connectivity index (χ4v) is 2.10. The highest BCUT2D eigenvalue weighted by atomic mass is 19.1. The van der Waals surface area contributed by atoms with Crippen molar-refractivity contribution >= 4 is 17.5 Å². The first-order valence-corrected chi connectivity index (χ1v) is 6.69. The number of likely N-dealkylation sites (tertiary alicyclic amines) is 1. The van der Waals surface area contributed by atoms with E-state index in [9.17, 15) is 14.0 Å². The first-order valence-electron chi connectivity index (χ1n) is 6.69. The van der Waals surface area contributed by atoms with Gasteiger partial charge >= 0.3 is 0 Å². The number of halogens is 1. The predicted octanol–water partition coefficient (Wildman–Crippen LogP) is 0.976. The minimum atomic E-state index is -0.350. The second kappa shape index (κ2) is 7.00. The number of nitrogens with zero attached hydrogens (tertiary/aromatic N) is 1. The summed E-state index contributed by atoms with van der Waals surface area (Å²) in [5, 5.41) is 5.44. The number of amides is 2. The molecule has 0 radical (unpaired) electrons. The van der Waals surface area contributed by atoms with E-state index in [1.807, 2.05) is 0 Å². The Morgan fingerprint density at radius 3 is 2.40 bits per heavy atom. The molecule has 0 saturated carbocycles. The quantitative estimate of drug-likeness (QED) is 0.844. The number of hydrogen-bond donors (Lipinski definition) is 2. The monoisotopic (exact) mass is 279 g/mol. The predicted molar refractivity (Wildman–Crippen MR) is 73.7 cm³/mol. The molecule has 0 spiro atoms. The van der Waals surface area contributed by atoms with Crippen LogP contribution in [0.25, 0.3) is 0 Å². The average Bonchev–Trinajstić information content (AvgIpc) is 2.95. The van der Waals surface area contributed by atoms with Crippen LogP contribution in [0.15, 0.2) is 24.3 Å². The Hall–Kier alpha value is -1.95. The van der Waals surface area contributed by atoms with Crippen molar-refractivity contribution in [3.05, 3.63) is 30.1 Å². The van der Waals surface area contributed by atoms with Crippen LogP contribution in [0.4, 0.5) is 10.1 Å². The van der Waals surface area contributed by atoms with Crippen molar-refractivity contribution in [1.29, 1.82) is 0 Å². The fraction of sp³-hybridized carbons (Fsp3) is 0.429. The van der Waals surface area contributed by atoms with Crippen LogP contribution < -0.4 is 10.6 Å². The van der Waals surface area contributed by atoms with Crippen molar-refractivity contribution in [2.45, 2.75) is 12.8 Å². The summed E-state index contributed by atoms with van der Waals surface area (Å²) < 4.78 is 12.7. The zero-order chi connectivity index (χ0) is 14.4. The molecule has 20 heavy (non-hydrogen) atoms. The first-order chi connectivity index (χ1) is 9.65. The highest BCUT2D eigenvalue weighted by Gasteiger charge is 2.17. The minimum absolute atomic E-state index is 0.0251. The molecule has 0 bridgehead atoms. The number of carbonyl (C=O) groups excluding carboxylic acids is 2. The highest BCUT2D eigenvalue weighted by Crippen LogP contribution is 2.08. The maximum absolute atomic E-state index is 12.7. The molecule has 5 nitrogen and oxygen atoms in total. The van der Waals surface area contributed by atoms with E-state index in [1.165, 1.54) is 24.3 Å². The zero-order valence-corrected chi connectivity index (χ0v) is 11.2. The van der Waals surface area contributed by atoms with E-state index in [4.69, 9.17) is 0 Å². The van der Waals surface area contributed by atoms with Gasteiger partial charge in [-0.05, 0) is 37.1 Å². The van der Waals surface area contributed by atoms with E-state index in [-0.39, 0.29) is 30.7 Å². The van der Waals surface area contributed by atoms with E-state index in [0.717, 1.165) is 25.9 Å². The van der Waals surface area contributed by atoms with Gasteiger partial charge in [0.1, 0.15) is 5.82 Å². The lowest BCUT2D eigenvalue weighted by Crippen LogP contribution is -2.39. The molecule has 1 aromatic rings. The number of anilines is 1. The van der Waals surface area contributed by atoms with Crippen LogP contribution >= 0.6 is 0 Å². The van der Waals surface area contributed by atoms with Gasteiger partial charge in [-0.2, -0.15) is 0 Å². The topological polar surface area (TPSA) is 61.4 Å². The Morgan fingerprint density at radius 2 is 1.75 bits per heavy atom. The summed E-state index contributed by atoms with van der Waals surface area (Å²) in [4.78, 5) is 25.1. The average molecular weight is 279 g/mol. The Balaban J connectivity index is 1.67. The third kappa shape index (κ3) is 4.31. The molecule has 1 heterocycles. The van der Waals surface area contributed by atoms with Crippen LogP contribution in [-0.2, 0) is 9.59 Å². The van der Waals surface area contributed by atoms with Crippen molar-refractivity contribution in [2.75, 3.05) is 31.5 Å². The van der Waals surface area contributed by atoms with Gasteiger partial charge in [-0.15, -0.1) is 0 Å². The van der Waals surface area contributed by atoms with Gasteiger partial charge in [0.05, 0.1) is 13.1 Å². The van der Waals surface area contributed by atoms with Crippen LogP contribution in [0.3, 0.4) is 0 Å². The van der Waals surface area contributed by atoms with E-state index in [1.54, 1.807) is 4.90 Å². The molecular formula is C14H18FN3O2. The Labute approximate surface area is 117 Å². The normalized spacial score (nSPS) is 14.3. The molecule has 2 rings (SSSR count). The molecule has 1 aromatic carbocycles. The molecular weight excluding hydrogens is 261 g/mol. The molecule has 0 unspecified atom stereocenters. The standard InChI is InChI=1S/C14H18FN3O2/c15-11-3-5-12(6-4-11)17-13(19)9-16-10-14(20)18-7-1-2-8-18/h3-6,16H,1-2,7-10H2,(H,17,19). The number of benzene rings is 1. The Kier molecular flexibility index (Phi) is 5.06. The van der Waals surface area contributed by atoms with Gasteiger partial charge in [0.25, 0.3) is 0 Å². The van der Waals surface area contributed by atoms with Crippen LogP contribution in [0, 0.1) is 5.82 Å². The van der Waals surface area contributed by atoms with Crippen molar-refractivity contribution < 1.29 is 14.0 Å². The lowest BCUT2D eigenvalue weighted by atomic mass is 10.3. The third-order valence-electron chi connectivity index (χ3n) is 3.15. The van der Waals surface area contributed by atoms with Gasteiger partial charge in [0.15, 0.2) is 0 Å². The van der Waals surface area contributed by atoms with Crippen LogP contribution in [-0.4, -0.2) is 42.9 Å². The smallest absolute Gasteiger partial charge is 0.238 e. The van der Waals surface area contributed by atoms with E-state index in [0.29, 0.717) is 5.69 Å². The van der Waals surface area contributed by atoms with E-state index >= 15 is 0 Å². The summed E-state index contributed by atoms with van der Waals surface area (Å²) in [5.41, 5.74) is 0.532. The van der Waals surface area contributed by atoms with Gasteiger partial charge in [0, 0.05) is 18.8 Å². The fourth-order valence-electron chi connectivity index (χ4n) is 2.10. The molecule has 0 atom stereocenters. The van der Waals surface area contributed by atoms with E-state index in [2.05, 4.69) is 10.6 Å². The number of nitrogens with one attached hydrogen (secondary N) is 2. The minimum Gasteiger partial charge on any atom is -0.342 e. The second-order valence-electron chi connectivity index (χ2n) is 4.75. The Bertz CT molecular complexity index is 470. The summed E-state index contributed by atoms with van der Waals surface area (Å²) in [7, 11) is 0. The van der Waals surface area contributed by atoms with E-state index < -0.39 is 0 Å². The Morgan fingerprint density at radius 1 is 1.10 bits per heavy atom. The van der Waals surface area contributed by atoms with Crippen molar-refractivity contribution in [1.82, 2.24) is 10.2 Å². The van der Waals surface area contributed by atoms with Gasteiger partial charge in [-0.1, -0.05) is 0 Å². The molecule has 1 fully saturated rings. The summed E-state index contributed by atoms with van der Waals surface area (Å²) >= 11 is 0. The van der Waals surface area contributed by atoms with Crippen molar-refractivity contribution in [3.8, 4) is 0 Å². The SMILES string of the molecule is O=C(CNCC(=O)N1CCCC1)Nc1ccc(F)cc1. The molecule has 6 heteroatoms. The molecule has 0 aromatic heterocycles. The summed E-state index contributed by atoms with van der Waals surface area (Å²) in [6.45, 7) is 1.83. The zero-order valence-electron chi connectivity index (χ0n) is 11.2. The summed E-state index contributed by atoms with van der Waals surface area (Å²) in [6, 6.07) is 5.53. The van der Waals surface area contributed by atoms with Crippen molar-refractivity contribution in [2.24, 2.45) is 0 Å². The maximum atomic E-state index is 12.7. The molecule has 2 N–H and O–H groups in total. The lowest BCUT2D eigenvalue weighted by Gasteiger charge is -2.15. The number of carbonyl (C=O) groups is 2. The summed E-state index contributed by atoms with van der Waals surface area (Å²) in [6.07, 6.45) is 2.10. The highest BCUT2D eigenvalue weighted by molar-refractivity contribution is 5.92. The molecule has 108 valence electrons. The molecule has 1 saturated heterocycles. The maximum Gasteiger partial charge on any atom is 0.238 e. The second-order valence-corrected chi connectivity index (χ2v) is 4.75. The summed E-state index contributed by atoms with van der Waals surface area (Å²) in [5.74, 6) is -0.583. The number of hydrogen-bond acceptors (Lipinski definition) is 3. The van der Waals surface area contributed by atoms with Gasteiger partial charge in [-0.25, -0.2) is 4.39 Å². The molecule has 2 amide bonds. The first kappa shape index (κ1) is 14.5.